The van der Waals surface area contributed by atoms with E-state index in [2.05, 4.69) is 147 Å². The first-order valence-electron chi connectivity index (χ1n) is 16.9. The van der Waals surface area contributed by atoms with E-state index in [0.29, 0.717) is 0 Å². The molecule has 1 fully saturated rings. The number of benzene rings is 6. The molecule has 2 heterocycles. The van der Waals surface area contributed by atoms with Crippen LogP contribution >= 0.6 is 0 Å². The first-order chi connectivity index (χ1) is 22.4. The molecule has 1 aliphatic carbocycles. The standard InChI is InChI=1S/C44H39NO/c1-29-15-22-37-39(27-29)43(2,3)41-38-23-24-44(33-17-16-30-11-5-6-12-31(30)28-33,46-42(38)36-14-8-7-13-35(36)40(37)41)32-18-20-34(21-19-32)45-25-9-4-10-26-45/h5-8,11-24,27-28H,4,9-10,25-26H2,1-3H3. The van der Waals surface area contributed by atoms with Crippen molar-refractivity contribution in [2.24, 2.45) is 0 Å². The molecule has 1 unspecified atom stereocenters. The van der Waals surface area contributed by atoms with Crippen molar-refractivity contribution < 1.29 is 4.74 Å². The number of ether oxygens (including phenoxy) is 1. The quantitative estimate of drug-likeness (QED) is 0.201. The fourth-order valence-corrected chi connectivity index (χ4v) is 8.52. The lowest BCUT2D eigenvalue weighted by atomic mass is 9.76. The number of fused-ring (bicyclic) bond motifs is 9. The zero-order valence-corrected chi connectivity index (χ0v) is 26.9. The lowest BCUT2D eigenvalue weighted by Crippen LogP contribution is -2.35. The second kappa shape index (κ2) is 10.1. The monoisotopic (exact) mass is 597 g/mol. The van der Waals surface area contributed by atoms with Crippen LogP contribution in [0.5, 0.6) is 5.75 Å². The Labute approximate surface area is 272 Å². The first kappa shape index (κ1) is 27.5. The van der Waals surface area contributed by atoms with Crippen molar-refractivity contribution in [1.29, 1.82) is 0 Å². The van der Waals surface area contributed by atoms with E-state index in [1.54, 1.807) is 0 Å². The third-order valence-electron chi connectivity index (χ3n) is 10.9. The van der Waals surface area contributed by atoms with E-state index < -0.39 is 5.60 Å². The Kier molecular flexibility index (Phi) is 6.03. The van der Waals surface area contributed by atoms with E-state index in [1.165, 1.54) is 79.9 Å². The lowest BCUT2D eigenvalue weighted by molar-refractivity contribution is 0.163. The Bertz CT molecular complexity index is 2200. The number of piperidine rings is 1. The molecule has 46 heavy (non-hydrogen) atoms. The molecule has 0 bridgehead atoms. The number of rotatable bonds is 3. The van der Waals surface area contributed by atoms with Gasteiger partial charge in [-0.1, -0.05) is 116 Å². The van der Waals surface area contributed by atoms with Crippen LogP contribution in [0.25, 0.3) is 38.7 Å². The number of hydrogen-bond donors (Lipinski definition) is 0. The van der Waals surface area contributed by atoms with Crippen LogP contribution in [0.2, 0.25) is 0 Å². The summed E-state index contributed by atoms with van der Waals surface area (Å²) in [6, 6.07) is 40.5. The molecule has 0 N–H and O–H groups in total. The van der Waals surface area contributed by atoms with Gasteiger partial charge < -0.3 is 9.64 Å². The van der Waals surface area contributed by atoms with Gasteiger partial charge in [-0.15, -0.1) is 0 Å². The maximum Gasteiger partial charge on any atom is 0.178 e. The molecule has 9 rings (SSSR count). The summed E-state index contributed by atoms with van der Waals surface area (Å²) in [5.74, 6) is 0.975. The van der Waals surface area contributed by atoms with Crippen LogP contribution in [-0.2, 0) is 11.0 Å². The van der Waals surface area contributed by atoms with Crippen molar-refractivity contribution in [3.8, 4) is 16.9 Å². The van der Waals surface area contributed by atoms with Gasteiger partial charge in [-0.05, 0) is 88.9 Å². The summed E-state index contributed by atoms with van der Waals surface area (Å²) in [6.07, 6.45) is 8.56. The average molecular weight is 598 g/mol. The van der Waals surface area contributed by atoms with Gasteiger partial charge in [-0.25, -0.2) is 0 Å². The van der Waals surface area contributed by atoms with Crippen LogP contribution in [0.15, 0.2) is 115 Å². The van der Waals surface area contributed by atoms with Gasteiger partial charge in [0.25, 0.3) is 0 Å². The van der Waals surface area contributed by atoms with Crippen LogP contribution in [0.4, 0.5) is 5.69 Å². The van der Waals surface area contributed by atoms with Crippen molar-refractivity contribution in [2.75, 3.05) is 18.0 Å². The fourth-order valence-electron chi connectivity index (χ4n) is 8.52. The highest BCUT2D eigenvalue weighted by Gasteiger charge is 2.44. The Morgan fingerprint density at radius 3 is 2.20 bits per heavy atom. The van der Waals surface area contributed by atoms with Gasteiger partial charge in [-0.2, -0.15) is 0 Å². The molecule has 6 aromatic carbocycles. The molecule has 0 amide bonds. The maximum atomic E-state index is 7.58. The first-order valence-corrected chi connectivity index (χ1v) is 16.9. The van der Waals surface area contributed by atoms with E-state index in [1.807, 2.05) is 0 Å². The number of hydrogen-bond acceptors (Lipinski definition) is 2. The highest BCUT2D eigenvalue weighted by molar-refractivity contribution is 6.08. The summed E-state index contributed by atoms with van der Waals surface area (Å²) in [5.41, 5.74) is 10.6. The lowest BCUT2D eigenvalue weighted by Gasteiger charge is -2.39. The minimum absolute atomic E-state index is 0.155. The molecule has 0 radical (unpaired) electrons. The summed E-state index contributed by atoms with van der Waals surface area (Å²) in [4.78, 5) is 2.53. The number of nitrogens with zero attached hydrogens (tertiary/aromatic N) is 1. The molecular weight excluding hydrogens is 558 g/mol. The van der Waals surface area contributed by atoms with Crippen molar-refractivity contribution in [3.05, 3.63) is 149 Å². The van der Waals surface area contributed by atoms with Crippen LogP contribution < -0.4 is 9.64 Å². The molecule has 2 aliphatic heterocycles. The third kappa shape index (κ3) is 3.95. The zero-order valence-electron chi connectivity index (χ0n) is 26.9. The summed E-state index contributed by atoms with van der Waals surface area (Å²) < 4.78 is 7.58. The van der Waals surface area contributed by atoms with Gasteiger partial charge in [0.15, 0.2) is 5.60 Å². The minimum Gasteiger partial charge on any atom is -0.472 e. The summed E-state index contributed by atoms with van der Waals surface area (Å²) in [7, 11) is 0. The normalized spacial score (nSPS) is 19.5. The van der Waals surface area contributed by atoms with Crippen LogP contribution in [0, 0.1) is 6.92 Å². The molecule has 2 nitrogen and oxygen atoms in total. The van der Waals surface area contributed by atoms with Crippen LogP contribution in [0.1, 0.15) is 66.5 Å². The zero-order chi connectivity index (χ0) is 31.0. The Morgan fingerprint density at radius 2 is 1.39 bits per heavy atom. The van der Waals surface area contributed by atoms with Crippen molar-refractivity contribution in [1.82, 2.24) is 0 Å². The number of aryl methyl sites for hydroxylation is 1. The van der Waals surface area contributed by atoms with Crippen LogP contribution in [-0.4, -0.2) is 13.1 Å². The summed E-state index contributed by atoms with van der Waals surface area (Å²) in [5, 5.41) is 4.88. The summed E-state index contributed by atoms with van der Waals surface area (Å²) in [6.45, 7) is 9.22. The number of anilines is 1. The van der Waals surface area contributed by atoms with Crippen molar-refractivity contribution in [3.63, 3.8) is 0 Å². The molecule has 226 valence electrons. The Balaban J connectivity index is 1.28. The van der Waals surface area contributed by atoms with E-state index in [9.17, 15) is 0 Å². The molecule has 3 aliphatic rings. The van der Waals surface area contributed by atoms with E-state index in [0.717, 1.165) is 30.0 Å². The predicted molar refractivity (Wildman–Crippen MR) is 193 cm³/mol. The molecule has 6 aromatic rings. The largest absolute Gasteiger partial charge is 0.472 e. The molecule has 1 atom stereocenters. The highest BCUT2D eigenvalue weighted by atomic mass is 16.5. The second-order valence-corrected chi connectivity index (χ2v) is 14.0. The van der Waals surface area contributed by atoms with E-state index in [4.69, 9.17) is 4.74 Å². The van der Waals surface area contributed by atoms with Gasteiger partial charge in [-0.3, -0.25) is 0 Å². The van der Waals surface area contributed by atoms with E-state index in [-0.39, 0.29) is 5.41 Å². The molecule has 1 saturated heterocycles. The molecule has 0 saturated carbocycles. The van der Waals surface area contributed by atoms with Gasteiger partial charge in [0.05, 0.1) is 0 Å². The third-order valence-corrected chi connectivity index (χ3v) is 10.9. The van der Waals surface area contributed by atoms with Gasteiger partial charge in [0, 0.05) is 46.3 Å². The van der Waals surface area contributed by atoms with Gasteiger partial charge >= 0.3 is 0 Å². The van der Waals surface area contributed by atoms with E-state index >= 15 is 0 Å². The molecule has 0 spiro atoms. The molecule has 0 aromatic heterocycles. The Hall–Kier alpha value is -4.82. The fraction of sp³-hybridized carbons (Fsp3) is 0.227. The topological polar surface area (TPSA) is 12.5 Å². The van der Waals surface area contributed by atoms with Gasteiger partial charge in [0.2, 0.25) is 0 Å². The molecule has 2 heteroatoms. The van der Waals surface area contributed by atoms with Crippen LogP contribution in [0.3, 0.4) is 0 Å². The predicted octanol–water partition coefficient (Wildman–Crippen LogP) is 10.9. The van der Waals surface area contributed by atoms with Gasteiger partial charge in [0.1, 0.15) is 5.75 Å². The van der Waals surface area contributed by atoms with Crippen molar-refractivity contribution >= 4 is 33.3 Å². The minimum atomic E-state index is -0.777. The maximum absolute atomic E-state index is 7.58. The molecular formula is C44H39NO. The summed E-state index contributed by atoms with van der Waals surface area (Å²) >= 11 is 0. The SMILES string of the molecule is Cc1ccc2c(c1)C(C)(C)c1c3c(c4ccccc4c1-2)OC(c1ccc(N2CCCCC2)cc1)(c1ccc2ccccc2c1)C=C3. The highest BCUT2D eigenvalue weighted by Crippen LogP contribution is 2.58. The van der Waals surface area contributed by atoms with Crippen molar-refractivity contribution in [2.45, 2.75) is 51.0 Å². The smallest absolute Gasteiger partial charge is 0.178 e. The second-order valence-electron chi connectivity index (χ2n) is 14.0. The Morgan fingerprint density at radius 1 is 0.674 bits per heavy atom. The average Bonchev–Trinajstić information content (AvgIpc) is 3.34.